The molecule has 2 aliphatic carbocycles. The third-order valence-corrected chi connectivity index (χ3v) is 5.67. The van der Waals surface area contributed by atoms with E-state index >= 15 is 0 Å². The molecular formula is C15H19N3S. The second kappa shape index (κ2) is 4.76. The number of H-pyrrole nitrogens is 1. The highest BCUT2D eigenvalue weighted by Gasteiger charge is 2.39. The Labute approximate surface area is 117 Å². The SMILES string of the molecule is c1csc(-c2[nH]ncc2CNC2CC3CCC2C3)c1. The van der Waals surface area contributed by atoms with Crippen LogP contribution in [0.2, 0.25) is 0 Å². The molecule has 2 aliphatic rings. The van der Waals surface area contributed by atoms with Gasteiger partial charge in [-0.3, -0.25) is 5.10 Å². The van der Waals surface area contributed by atoms with E-state index < -0.39 is 0 Å². The third kappa shape index (κ3) is 2.13. The van der Waals surface area contributed by atoms with E-state index in [0.717, 1.165) is 24.4 Å². The second-order valence-electron chi connectivity index (χ2n) is 5.91. The maximum atomic E-state index is 4.21. The van der Waals surface area contributed by atoms with Gasteiger partial charge in [-0.25, -0.2) is 0 Å². The van der Waals surface area contributed by atoms with Crippen LogP contribution in [0.15, 0.2) is 23.7 Å². The number of nitrogens with zero attached hydrogens (tertiary/aromatic N) is 1. The number of aromatic amines is 1. The number of rotatable bonds is 4. The van der Waals surface area contributed by atoms with Crippen LogP contribution in [0.4, 0.5) is 0 Å². The monoisotopic (exact) mass is 273 g/mol. The van der Waals surface area contributed by atoms with Crippen LogP contribution >= 0.6 is 11.3 Å². The maximum absolute atomic E-state index is 4.21. The molecular weight excluding hydrogens is 254 g/mol. The fraction of sp³-hybridized carbons (Fsp3) is 0.533. The summed E-state index contributed by atoms with van der Waals surface area (Å²) in [6, 6.07) is 4.98. The predicted octanol–water partition coefficient (Wildman–Crippen LogP) is 3.42. The molecule has 2 N–H and O–H groups in total. The molecule has 4 rings (SSSR count). The van der Waals surface area contributed by atoms with Gasteiger partial charge in [0.1, 0.15) is 0 Å². The van der Waals surface area contributed by atoms with Crippen LogP contribution in [0, 0.1) is 11.8 Å². The summed E-state index contributed by atoms with van der Waals surface area (Å²) in [5, 5.41) is 13.2. The predicted molar refractivity (Wildman–Crippen MR) is 78.0 cm³/mol. The second-order valence-corrected chi connectivity index (χ2v) is 6.86. The van der Waals surface area contributed by atoms with Crippen molar-refractivity contribution in [3.8, 4) is 10.6 Å². The minimum atomic E-state index is 0.741. The largest absolute Gasteiger partial charge is 0.309 e. The summed E-state index contributed by atoms with van der Waals surface area (Å²) < 4.78 is 0. The van der Waals surface area contributed by atoms with Crippen LogP contribution in [-0.2, 0) is 6.54 Å². The van der Waals surface area contributed by atoms with E-state index in [-0.39, 0.29) is 0 Å². The maximum Gasteiger partial charge on any atom is 0.0794 e. The van der Waals surface area contributed by atoms with E-state index in [0.29, 0.717) is 0 Å². The summed E-state index contributed by atoms with van der Waals surface area (Å²) in [7, 11) is 0. The molecule has 2 fully saturated rings. The number of fused-ring (bicyclic) bond motifs is 2. The summed E-state index contributed by atoms with van der Waals surface area (Å²) in [6.07, 6.45) is 7.72. The van der Waals surface area contributed by atoms with Crippen molar-refractivity contribution in [2.24, 2.45) is 11.8 Å². The molecule has 2 heterocycles. The molecule has 19 heavy (non-hydrogen) atoms. The molecule has 0 aliphatic heterocycles. The van der Waals surface area contributed by atoms with Gasteiger partial charge in [0.2, 0.25) is 0 Å². The van der Waals surface area contributed by atoms with E-state index in [9.17, 15) is 0 Å². The Bertz CT molecular complexity index is 546. The van der Waals surface area contributed by atoms with Gasteiger partial charge >= 0.3 is 0 Å². The molecule has 3 atom stereocenters. The van der Waals surface area contributed by atoms with Crippen molar-refractivity contribution >= 4 is 11.3 Å². The Morgan fingerprint density at radius 1 is 1.37 bits per heavy atom. The molecule has 0 saturated heterocycles. The molecule has 2 aromatic heterocycles. The molecule has 3 unspecified atom stereocenters. The van der Waals surface area contributed by atoms with Crippen LogP contribution in [-0.4, -0.2) is 16.2 Å². The molecule has 0 spiro atoms. The quantitative estimate of drug-likeness (QED) is 0.896. The summed E-state index contributed by atoms with van der Waals surface area (Å²) in [6.45, 7) is 0.942. The molecule has 4 heteroatoms. The Balaban J connectivity index is 1.45. The normalized spacial score (nSPS) is 29.2. The molecule has 0 amide bonds. The minimum absolute atomic E-state index is 0.741. The summed E-state index contributed by atoms with van der Waals surface area (Å²) >= 11 is 1.77. The van der Waals surface area contributed by atoms with Crippen LogP contribution < -0.4 is 5.32 Å². The first kappa shape index (κ1) is 11.7. The lowest BCUT2D eigenvalue weighted by Crippen LogP contribution is -2.33. The van der Waals surface area contributed by atoms with E-state index in [1.54, 1.807) is 11.3 Å². The Morgan fingerprint density at radius 3 is 3.11 bits per heavy atom. The molecule has 2 bridgehead atoms. The van der Waals surface area contributed by atoms with Gasteiger partial charge in [-0.2, -0.15) is 5.10 Å². The van der Waals surface area contributed by atoms with Crippen molar-refractivity contribution in [2.45, 2.75) is 38.3 Å². The van der Waals surface area contributed by atoms with Gasteiger partial charge in [0.25, 0.3) is 0 Å². The number of hydrogen-bond acceptors (Lipinski definition) is 3. The van der Waals surface area contributed by atoms with Crippen LogP contribution in [0.3, 0.4) is 0 Å². The zero-order valence-electron chi connectivity index (χ0n) is 10.9. The Morgan fingerprint density at radius 2 is 2.37 bits per heavy atom. The summed E-state index contributed by atoms with van der Waals surface area (Å²) in [4.78, 5) is 1.28. The fourth-order valence-electron chi connectivity index (χ4n) is 3.82. The summed E-state index contributed by atoms with van der Waals surface area (Å²) in [5.41, 5.74) is 2.48. The first-order chi connectivity index (χ1) is 9.40. The molecule has 2 saturated carbocycles. The van der Waals surface area contributed by atoms with Gasteiger partial charge in [-0.15, -0.1) is 11.3 Å². The van der Waals surface area contributed by atoms with Crippen LogP contribution in [0.5, 0.6) is 0 Å². The van der Waals surface area contributed by atoms with E-state index in [2.05, 4.69) is 33.0 Å². The number of nitrogens with one attached hydrogen (secondary N) is 2. The first-order valence-electron chi connectivity index (χ1n) is 7.19. The zero-order valence-corrected chi connectivity index (χ0v) is 11.7. The fourth-order valence-corrected chi connectivity index (χ4v) is 4.57. The van der Waals surface area contributed by atoms with Gasteiger partial charge in [0.05, 0.1) is 16.8 Å². The topological polar surface area (TPSA) is 40.7 Å². The van der Waals surface area contributed by atoms with Gasteiger partial charge in [-0.05, 0) is 42.5 Å². The number of hydrogen-bond donors (Lipinski definition) is 2. The lowest BCUT2D eigenvalue weighted by molar-refractivity contribution is 0.351. The molecule has 100 valence electrons. The van der Waals surface area contributed by atoms with Crippen LogP contribution in [0.25, 0.3) is 10.6 Å². The molecule has 3 nitrogen and oxygen atoms in total. The molecule has 0 aromatic carbocycles. The third-order valence-electron chi connectivity index (χ3n) is 4.78. The van der Waals surface area contributed by atoms with Crippen molar-refractivity contribution in [3.63, 3.8) is 0 Å². The van der Waals surface area contributed by atoms with Crippen molar-refractivity contribution in [1.29, 1.82) is 0 Å². The van der Waals surface area contributed by atoms with E-state index in [1.165, 1.54) is 41.8 Å². The smallest absolute Gasteiger partial charge is 0.0794 e. The van der Waals surface area contributed by atoms with Gasteiger partial charge < -0.3 is 5.32 Å². The first-order valence-corrected chi connectivity index (χ1v) is 8.07. The van der Waals surface area contributed by atoms with Crippen molar-refractivity contribution in [2.75, 3.05) is 0 Å². The standard InChI is InChI=1S/C15H19N3S/c1-2-14(19-5-1)15-12(9-17-18-15)8-16-13-7-10-3-4-11(13)6-10/h1-2,5,9-11,13,16H,3-4,6-8H2,(H,17,18). The highest BCUT2D eigenvalue weighted by atomic mass is 32.1. The van der Waals surface area contributed by atoms with Crippen molar-refractivity contribution in [3.05, 3.63) is 29.3 Å². The lowest BCUT2D eigenvalue weighted by Gasteiger charge is -2.22. The Kier molecular flexibility index (Phi) is 2.93. The highest BCUT2D eigenvalue weighted by Crippen LogP contribution is 2.44. The number of aromatic nitrogens is 2. The summed E-state index contributed by atoms with van der Waals surface area (Å²) in [5.74, 6) is 1.94. The van der Waals surface area contributed by atoms with Gasteiger partial charge in [0, 0.05) is 18.2 Å². The lowest BCUT2D eigenvalue weighted by atomic mass is 9.95. The molecule has 0 radical (unpaired) electrons. The van der Waals surface area contributed by atoms with Crippen LogP contribution in [0.1, 0.15) is 31.2 Å². The van der Waals surface area contributed by atoms with E-state index in [4.69, 9.17) is 0 Å². The number of thiophene rings is 1. The minimum Gasteiger partial charge on any atom is -0.309 e. The highest BCUT2D eigenvalue weighted by molar-refractivity contribution is 7.13. The van der Waals surface area contributed by atoms with Gasteiger partial charge in [-0.1, -0.05) is 12.5 Å². The zero-order chi connectivity index (χ0) is 12.7. The van der Waals surface area contributed by atoms with Gasteiger partial charge in [0.15, 0.2) is 0 Å². The molecule has 2 aromatic rings. The van der Waals surface area contributed by atoms with Crippen molar-refractivity contribution in [1.82, 2.24) is 15.5 Å². The Hall–Kier alpha value is -1.13. The average molecular weight is 273 g/mol. The van der Waals surface area contributed by atoms with E-state index in [1.807, 2.05) is 6.20 Å². The average Bonchev–Trinajstić information content (AvgIpc) is 3.18. The van der Waals surface area contributed by atoms with Crippen molar-refractivity contribution < 1.29 is 0 Å².